The molecular formula is C14H15ClN2O3. The minimum atomic E-state index is -0.0976. The zero-order valence-electron chi connectivity index (χ0n) is 11.1. The van der Waals surface area contributed by atoms with Crippen molar-refractivity contribution in [2.24, 2.45) is 0 Å². The van der Waals surface area contributed by atoms with E-state index in [0.717, 1.165) is 34.6 Å². The van der Waals surface area contributed by atoms with Gasteiger partial charge in [0.05, 0.1) is 23.7 Å². The lowest BCUT2D eigenvalue weighted by Gasteiger charge is -2.15. The average Bonchev–Trinajstić information content (AvgIpc) is 3.07. The molecule has 6 heteroatoms. The van der Waals surface area contributed by atoms with Gasteiger partial charge in [-0.05, 0) is 31.0 Å². The van der Waals surface area contributed by atoms with Crippen LogP contribution in [0.5, 0.6) is 6.01 Å². The van der Waals surface area contributed by atoms with Crippen LogP contribution in [0.2, 0.25) is 5.02 Å². The van der Waals surface area contributed by atoms with Gasteiger partial charge in [-0.25, -0.2) is 0 Å². The number of halogens is 1. The summed E-state index contributed by atoms with van der Waals surface area (Å²) in [6, 6.07) is 4.30. The maximum absolute atomic E-state index is 6.11. The quantitative estimate of drug-likeness (QED) is 0.924. The third-order valence-corrected chi connectivity index (χ3v) is 4.33. The van der Waals surface area contributed by atoms with Crippen molar-refractivity contribution < 1.29 is 14.2 Å². The number of rotatable bonds is 2. The fourth-order valence-corrected chi connectivity index (χ4v) is 3.01. The van der Waals surface area contributed by atoms with Crippen molar-refractivity contribution in [1.82, 2.24) is 9.97 Å². The topological polar surface area (TPSA) is 56.4 Å². The van der Waals surface area contributed by atoms with Crippen LogP contribution < -0.4 is 4.74 Å². The van der Waals surface area contributed by atoms with Gasteiger partial charge in [0.2, 0.25) is 0 Å². The summed E-state index contributed by atoms with van der Waals surface area (Å²) in [5, 5.41) is 0.719. The normalized spacial score (nSPS) is 29.0. The molecule has 2 aromatic rings. The fraction of sp³-hybridized carbons (Fsp3) is 0.500. The Morgan fingerprint density at radius 1 is 1.40 bits per heavy atom. The highest BCUT2D eigenvalue weighted by Crippen LogP contribution is 2.30. The molecule has 3 heterocycles. The van der Waals surface area contributed by atoms with Crippen LogP contribution in [0.1, 0.15) is 12.0 Å². The van der Waals surface area contributed by atoms with Gasteiger partial charge in [0.25, 0.3) is 6.01 Å². The van der Waals surface area contributed by atoms with Crippen LogP contribution in [-0.4, -0.2) is 41.5 Å². The Bertz CT molecular complexity index is 618. The number of aromatic nitrogens is 2. The molecular weight excluding hydrogens is 280 g/mol. The number of nitrogens with one attached hydrogen (secondary N) is 1. The van der Waals surface area contributed by atoms with Gasteiger partial charge in [-0.15, -0.1) is 0 Å². The van der Waals surface area contributed by atoms with Crippen LogP contribution in [-0.2, 0) is 9.47 Å². The second-order valence-corrected chi connectivity index (χ2v) is 5.72. The molecule has 2 fully saturated rings. The Morgan fingerprint density at radius 2 is 2.30 bits per heavy atom. The van der Waals surface area contributed by atoms with Crippen molar-refractivity contribution in [2.45, 2.75) is 31.7 Å². The number of imidazole rings is 1. The standard InChI is InChI=1S/C14H15ClN2O3/c1-7-4-9-10(5-8(7)15)17-14(16-9)20-12-6-19-11-2-3-18-13(11)12/h4-5,11-13H,2-3,6H2,1H3,(H,16,17)/t11-,12-,13+/m0/s1. The molecule has 1 aromatic heterocycles. The van der Waals surface area contributed by atoms with Crippen molar-refractivity contribution in [3.05, 3.63) is 22.7 Å². The predicted octanol–water partition coefficient (Wildman–Crippen LogP) is 2.46. The molecule has 1 N–H and O–H groups in total. The Hall–Kier alpha value is -1.30. The maximum Gasteiger partial charge on any atom is 0.295 e. The summed E-state index contributed by atoms with van der Waals surface area (Å²) in [6.45, 7) is 3.25. The van der Waals surface area contributed by atoms with E-state index in [1.54, 1.807) is 0 Å². The van der Waals surface area contributed by atoms with E-state index in [0.29, 0.717) is 12.6 Å². The fourth-order valence-electron chi connectivity index (χ4n) is 2.84. The molecule has 2 aliphatic rings. The highest BCUT2D eigenvalue weighted by Gasteiger charge is 2.43. The summed E-state index contributed by atoms with van der Waals surface area (Å²) < 4.78 is 17.2. The smallest absolute Gasteiger partial charge is 0.295 e. The van der Waals surface area contributed by atoms with Gasteiger partial charge in [-0.2, -0.15) is 4.98 Å². The lowest BCUT2D eigenvalue weighted by molar-refractivity contribution is 0.0273. The van der Waals surface area contributed by atoms with Crippen molar-refractivity contribution >= 4 is 22.6 Å². The van der Waals surface area contributed by atoms with Crippen LogP contribution >= 0.6 is 11.6 Å². The molecule has 0 saturated carbocycles. The molecule has 1 aromatic carbocycles. The molecule has 0 aliphatic carbocycles. The van der Waals surface area contributed by atoms with E-state index in [-0.39, 0.29) is 18.3 Å². The number of fused-ring (bicyclic) bond motifs is 2. The summed E-state index contributed by atoms with van der Waals surface area (Å²) in [4.78, 5) is 7.59. The van der Waals surface area contributed by atoms with Crippen LogP contribution in [0.25, 0.3) is 11.0 Å². The van der Waals surface area contributed by atoms with E-state index in [2.05, 4.69) is 9.97 Å². The molecule has 0 unspecified atom stereocenters. The molecule has 5 nitrogen and oxygen atoms in total. The first-order valence-electron chi connectivity index (χ1n) is 6.76. The molecule has 106 valence electrons. The molecule has 20 heavy (non-hydrogen) atoms. The summed E-state index contributed by atoms with van der Waals surface area (Å²) in [6.07, 6.45) is 1.04. The van der Waals surface area contributed by atoms with Crippen molar-refractivity contribution in [1.29, 1.82) is 0 Å². The zero-order chi connectivity index (χ0) is 13.7. The Kier molecular flexibility index (Phi) is 2.87. The van der Waals surface area contributed by atoms with Crippen molar-refractivity contribution in [3.63, 3.8) is 0 Å². The Morgan fingerprint density at radius 3 is 3.20 bits per heavy atom. The number of H-pyrrole nitrogens is 1. The van der Waals surface area contributed by atoms with Gasteiger partial charge in [0, 0.05) is 11.6 Å². The van der Waals surface area contributed by atoms with Crippen LogP contribution in [0.3, 0.4) is 0 Å². The van der Waals surface area contributed by atoms with Gasteiger partial charge >= 0.3 is 0 Å². The van der Waals surface area contributed by atoms with E-state index >= 15 is 0 Å². The van der Waals surface area contributed by atoms with Crippen LogP contribution in [0.4, 0.5) is 0 Å². The highest BCUT2D eigenvalue weighted by molar-refractivity contribution is 6.32. The number of nitrogens with zero attached hydrogens (tertiary/aromatic N) is 1. The summed E-state index contributed by atoms with van der Waals surface area (Å²) in [5.41, 5.74) is 2.73. The first kappa shape index (κ1) is 12.4. The second-order valence-electron chi connectivity index (χ2n) is 5.31. The molecule has 0 amide bonds. The molecule has 0 radical (unpaired) electrons. The van der Waals surface area contributed by atoms with Crippen LogP contribution in [0, 0.1) is 6.92 Å². The number of aryl methyl sites for hydroxylation is 1. The number of benzene rings is 1. The van der Waals surface area contributed by atoms with E-state index in [4.69, 9.17) is 25.8 Å². The van der Waals surface area contributed by atoms with Gasteiger partial charge in [0.15, 0.2) is 6.10 Å². The van der Waals surface area contributed by atoms with E-state index in [9.17, 15) is 0 Å². The zero-order valence-corrected chi connectivity index (χ0v) is 11.8. The Balaban J connectivity index is 1.59. The third-order valence-electron chi connectivity index (χ3n) is 3.92. The van der Waals surface area contributed by atoms with Gasteiger partial charge in [0.1, 0.15) is 6.10 Å². The minimum Gasteiger partial charge on any atom is -0.456 e. The molecule has 2 aliphatic heterocycles. The van der Waals surface area contributed by atoms with Crippen molar-refractivity contribution in [3.8, 4) is 6.01 Å². The third kappa shape index (κ3) is 1.97. The molecule has 3 atom stereocenters. The second kappa shape index (κ2) is 4.62. The van der Waals surface area contributed by atoms with E-state index < -0.39 is 0 Å². The lowest BCUT2D eigenvalue weighted by Crippen LogP contribution is -2.32. The summed E-state index contributed by atoms with van der Waals surface area (Å²) >= 11 is 6.11. The highest BCUT2D eigenvalue weighted by atomic mass is 35.5. The molecule has 2 saturated heterocycles. The van der Waals surface area contributed by atoms with Crippen molar-refractivity contribution in [2.75, 3.05) is 13.2 Å². The average molecular weight is 295 g/mol. The van der Waals surface area contributed by atoms with Gasteiger partial charge in [-0.3, -0.25) is 0 Å². The number of hydrogen-bond acceptors (Lipinski definition) is 4. The van der Waals surface area contributed by atoms with E-state index in [1.807, 2.05) is 19.1 Å². The van der Waals surface area contributed by atoms with Gasteiger partial charge < -0.3 is 19.2 Å². The maximum atomic E-state index is 6.11. The largest absolute Gasteiger partial charge is 0.456 e. The SMILES string of the molecule is Cc1cc2nc(O[C@H]3CO[C@H]4CCO[C@H]43)[nH]c2cc1Cl. The van der Waals surface area contributed by atoms with E-state index in [1.165, 1.54) is 0 Å². The molecule has 0 spiro atoms. The first-order valence-corrected chi connectivity index (χ1v) is 7.14. The summed E-state index contributed by atoms with van der Waals surface area (Å²) in [5.74, 6) is 0. The monoisotopic (exact) mass is 294 g/mol. The molecule has 0 bridgehead atoms. The van der Waals surface area contributed by atoms with Crippen LogP contribution in [0.15, 0.2) is 12.1 Å². The van der Waals surface area contributed by atoms with Gasteiger partial charge in [-0.1, -0.05) is 11.6 Å². The summed E-state index contributed by atoms with van der Waals surface area (Å²) in [7, 11) is 0. The lowest BCUT2D eigenvalue weighted by atomic mass is 10.1. The minimum absolute atomic E-state index is 0.0218. The number of ether oxygens (including phenoxy) is 3. The number of hydrogen-bond donors (Lipinski definition) is 1. The predicted molar refractivity (Wildman–Crippen MR) is 74.4 cm³/mol. The number of aromatic amines is 1. The Labute approximate surface area is 121 Å². The molecule has 4 rings (SSSR count). The first-order chi connectivity index (χ1) is 9.70.